The first-order valence-electron chi connectivity index (χ1n) is 10.7. The molecule has 1 aliphatic heterocycles. The molecule has 32 heavy (non-hydrogen) atoms. The normalized spacial score (nSPS) is 14.2. The zero-order chi connectivity index (χ0) is 22.2. The van der Waals surface area contributed by atoms with Gasteiger partial charge in [-0.25, -0.2) is 4.98 Å². The van der Waals surface area contributed by atoms with E-state index in [9.17, 15) is 0 Å². The average Bonchev–Trinajstić information content (AvgIpc) is 3.14. The molecule has 3 heterocycles. The minimum absolute atomic E-state index is 0.302. The monoisotopic (exact) mass is 464 g/mol. The molecule has 0 unspecified atom stereocenters. The number of benzene rings is 2. The molecule has 2 aromatic carbocycles. The van der Waals surface area contributed by atoms with Crippen molar-refractivity contribution in [3.05, 3.63) is 64.3 Å². The fourth-order valence-corrected chi connectivity index (χ4v) is 5.67. The molecule has 164 valence electrons. The van der Waals surface area contributed by atoms with Crippen LogP contribution in [0.1, 0.15) is 10.4 Å². The molecule has 0 bridgehead atoms. The second kappa shape index (κ2) is 8.60. The van der Waals surface area contributed by atoms with Crippen LogP contribution in [0.25, 0.3) is 21.3 Å². The highest BCUT2D eigenvalue weighted by molar-refractivity contribution is 7.19. The van der Waals surface area contributed by atoms with E-state index < -0.39 is 0 Å². The molecule has 0 aliphatic carbocycles. The van der Waals surface area contributed by atoms with Crippen LogP contribution in [-0.2, 0) is 0 Å². The topological polar surface area (TPSA) is 41.5 Å². The van der Waals surface area contributed by atoms with Gasteiger partial charge in [0.1, 0.15) is 16.4 Å². The van der Waals surface area contributed by atoms with Gasteiger partial charge in [-0.15, -0.1) is 11.3 Å². The Morgan fingerprint density at radius 2 is 1.59 bits per heavy atom. The third kappa shape index (κ3) is 3.78. The number of fused-ring (bicyclic) bond motifs is 1. The minimum atomic E-state index is 0.302. The van der Waals surface area contributed by atoms with E-state index in [-0.39, 0.29) is 0 Å². The molecular weight excluding hydrogens is 440 g/mol. The predicted molar refractivity (Wildman–Crippen MR) is 135 cm³/mol. The van der Waals surface area contributed by atoms with Crippen molar-refractivity contribution in [2.75, 3.05) is 43.1 Å². The lowest BCUT2D eigenvalue weighted by Crippen LogP contribution is -2.47. The standard InChI is InChI=1S/C25H25ClN4OS/c1-16-8-10-18(11-9-16)21-17(2)32-24-22(21)23(27-25(26)28-24)30-14-12-29(13-15-30)19-6-4-5-7-20(19)31-3/h4-11H,12-15H2,1-3H3. The number of aromatic nitrogens is 2. The van der Waals surface area contributed by atoms with E-state index in [1.165, 1.54) is 21.6 Å². The molecule has 0 spiro atoms. The SMILES string of the molecule is COc1ccccc1N1CCN(c2nc(Cl)nc3sc(C)c(-c4ccc(C)cc4)c23)CC1. The van der Waals surface area contributed by atoms with Gasteiger partial charge in [-0.05, 0) is 43.1 Å². The molecule has 0 radical (unpaired) electrons. The van der Waals surface area contributed by atoms with Gasteiger partial charge in [-0.1, -0.05) is 42.0 Å². The predicted octanol–water partition coefficient (Wildman–Crippen LogP) is 5.96. The van der Waals surface area contributed by atoms with Crippen molar-refractivity contribution >= 4 is 44.7 Å². The third-order valence-corrected chi connectivity index (χ3v) is 7.19. The van der Waals surface area contributed by atoms with Gasteiger partial charge in [-0.3, -0.25) is 0 Å². The zero-order valence-electron chi connectivity index (χ0n) is 18.4. The van der Waals surface area contributed by atoms with Crippen LogP contribution >= 0.6 is 22.9 Å². The Bertz CT molecular complexity index is 1260. The van der Waals surface area contributed by atoms with Crippen molar-refractivity contribution in [3.8, 4) is 16.9 Å². The van der Waals surface area contributed by atoms with E-state index in [1.807, 2.05) is 12.1 Å². The number of piperazine rings is 1. The van der Waals surface area contributed by atoms with Gasteiger partial charge in [0.2, 0.25) is 5.28 Å². The van der Waals surface area contributed by atoms with Crippen molar-refractivity contribution in [1.82, 2.24) is 9.97 Å². The highest BCUT2D eigenvalue weighted by atomic mass is 35.5. The lowest BCUT2D eigenvalue weighted by Gasteiger charge is -2.37. The van der Waals surface area contributed by atoms with E-state index in [4.69, 9.17) is 21.3 Å². The van der Waals surface area contributed by atoms with Gasteiger partial charge in [0.15, 0.2) is 0 Å². The number of rotatable bonds is 4. The fraction of sp³-hybridized carbons (Fsp3) is 0.280. The first-order valence-corrected chi connectivity index (χ1v) is 11.9. The summed E-state index contributed by atoms with van der Waals surface area (Å²) in [5, 5.41) is 1.41. The van der Waals surface area contributed by atoms with E-state index in [0.717, 1.165) is 53.7 Å². The van der Waals surface area contributed by atoms with Gasteiger partial charge < -0.3 is 14.5 Å². The lowest BCUT2D eigenvalue weighted by molar-refractivity contribution is 0.413. The minimum Gasteiger partial charge on any atom is -0.495 e. The Kier molecular flexibility index (Phi) is 5.66. The Morgan fingerprint density at radius 1 is 0.906 bits per heavy atom. The molecule has 0 amide bonds. The van der Waals surface area contributed by atoms with Crippen LogP contribution < -0.4 is 14.5 Å². The Morgan fingerprint density at radius 3 is 2.31 bits per heavy atom. The molecule has 1 fully saturated rings. The van der Waals surface area contributed by atoms with Crippen molar-refractivity contribution < 1.29 is 4.74 Å². The first kappa shape index (κ1) is 21.0. The molecule has 0 atom stereocenters. The summed E-state index contributed by atoms with van der Waals surface area (Å²) in [6.45, 7) is 7.72. The van der Waals surface area contributed by atoms with Crippen LogP contribution in [0.15, 0.2) is 48.5 Å². The number of anilines is 2. The quantitative estimate of drug-likeness (QED) is 0.348. The van der Waals surface area contributed by atoms with E-state index in [1.54, 1.807) is 18.4 Å². The van der Waals surface area contributed by atoms with E-state index in [0.29, 0.717) is 5.28 Å². The van der Waals surface area contributed by atoms with E-state index >= 15 is 0 Å². The molecule has 4 aromatic rings. The summed E-state index contributed by atoms with van der Waals surface area (Å²) in [5.74, 6) is 1.84. The summed E-state index contributed by atoms with van der Waals surface area (Å²) in [4.78, 5) is 16.2. The van der Waals surface area contributed by atoms with Crippen LogP contribution in [0, 0.1) is 13.8 Å². The maximum Gasteiger partial charge on any atom is 0.225 e. The summed E-state index contributed by atoms with van der Waals surface area (Å²) < 4.78 is 5.57. The number of nitrogens with zero attached hydrogens (tertiary/aromatic N) is 4. The number of aryl methyl sites for hydroxylation is 2. The number of halogens is 1. The van der Waals surface area contributed by atoms with Crippen LogP contribution in [0.5, 0.6) is 5.75 Å². The molecule has 5 nitrogen and oxygen atoms in total. The number of methoxy groups -OCH3 is 1. The molecular formula is C25H25ClN4OS. The summed E-state index contributed by atoms with van der Waals surface area (Å²) in [6.07, 6.45) is 0. The van der Waals surface area contributed by atoms with Crippen LogP contribution in [0.3, 0.4) is 0 Å². The van der Waals surface area contributed by atoms with Gasteiger partial charge in [0, 0.05) is 36.6 Å². The summed E-state index contributed by atoms with van der Waals surface area (Å²) in [6, 6.07) is 16.9. The molecule has 0 N–H and O–H groups in total. The molecule has 2 aromatic heterocycles. The zero-order valence-corrected chi connectivity index (χ0v) is 20.0. The first-order chi connectivity index (χ1) is 15.5. The summed E-state index contributed by atoms with van der Waals surface area (Å²) in [7, 11) is 1.72. The number of hydrogen-bond donors (Lipinski definition) is 0. The molecule has 1 saturated heterocycles. The van der Waals surface area contributed by atoms with Crippen LogP contribution in [0.2, 0.25) is 5.28 Å². The number of thiophene rings is 1. The van der Waals surface area contributed by atoms with Crippen molar-refractivity contribution in [2.24, 2.45) is 0 Å². The molecule has 7 heteroatoms. The number of ether oxygens (including phenoxy) is 1. The third-order valence-electron chi connectivity index (χ3n) is 6.03. The van der Waals surface area contributed by atoms with Gasteiger partial charge in [0.25, 0.3) is 0 Å². The number of hydrogen-bond acceptors (Lipinski definition) is 6. The van der Waals surface area contributed by atoms with Crippen molar-refractivity contribution in [2.45, 2.75) is 13.8 Å². The molecule has 1 aliphatic rings. The Balaban J connectivity index is 1.51. The van der Waals surface area contributed by atoms with Crippen LogP contribution in [0.4, 0.5) is 11.5 Å². The van der Waals surface area contributed by atoms with Gasteiger partial charge in [-0.2, -0.15) is 4.98 Å². The summed E-state index contributed by atoms with van der Waals surface area (Å²) in [5.41, 5.74) is 4.79. The highest BCUT2D eigenvalue weighted by Gasteiger charge is 2.25. The number of para-hydroxylation sites is 2. The van der Waals surface area contributed by atoms with Crippen LogP contribution in [-0.4, -0.2) is 43.3 Å². The Labute approximate surface area is 197 Å². The fourth-order valence-electron chi connectivity index (χ4n) is 4.42. The smallest absolute Gasteiger partial charge is 0.225 e. The average molecular weight is 465 g/mol. The van der Waals surface area contributed by atoms with Crippen molar-refractivity contribution in [1.29, 1.82) is 0 Å². The Hall–Kier alpha value is -2.83. The van der Waals surface area contributed by atoms with E-state index in [2.05, 4.69) is 65.0 Å². The van der Waals surface area contributed by atoms with Crippen molar-refractivity contribution in [3.63, 3.8) is 0 Å². The maximum atomic E-state index is 6.37. The lowest BCUT2D eigenvalue weighted by atomic mass is 10.0. The van der Waals surface area contributed by atoms with Gasteiger partial charge in [0.05, 0.1) is 18.2 Å². The highest BCUT2D eigenvalue weighted by Crippen LogP contribution is 2.42. The summed E-state index contributed by atoms with van der Waals surface area (Å²) >= 11 is 8.05. The molecule has 5 rings (SSSR count). The molecule has 0 saturated carbocycles. The second-order valence-electron chi connectivity index (χ2n) is 8.04. The van der Waals surface area contributed by atoms with Gasteiger partial charge >= 0.3 is 0 Å². The second-order valence-corrected chi connectivity index (χ2v) is 9.58. The largest absolute Gasteiger partial charge is 0.495 e. The maximum absolute atomic E-state index is 6.37.